The van der Waals surface area contributed by atoms with Gasteiger partial charge < -0.3 is 19.9 Å². The third-order valence-corrected chi connectivity index (χ3v) is 4.03. The highest BCUT2D eigenvalue weighted by molar-refractivity contribution is 4.94. The number of hydrogen-bond donors (Lipinski definition) is 2. The highest BCUT2D eigenvalue weighted by Crippen LogP contribution is 2.39. The molecule has 1 aliphatic heterocycles. The summed E-state index contributed by atoms with van der Waals surface area (Å²) in [6, 6.07) is 0. The zero-order valence-corrected chi connectivity index (χ0v) is 11.7. The van der Waals surface area contributed by atoms with Gasteiger partial charge in [0.1, 0.15) is 0 Å². The van der Waals surface area contributed by atoms with Crippen LogP contribution in [0.3, 0.4) is 0 Å². The molecular formula is C14H27NO3. The third-order valence-electron chi connectivity index (χ3n) is 4.03. The Labute approximate surface area is 110 Å². The zero-order valence-electron chi connectivity index (χ0n) is 11.7. The van der Waals surface area contributed by atoms with E-state index in [4.69, 9.17) is 9.47 Å². The van der Waals surface area contributed by atoms with Crippen LogP contribution in [0.15, 0.2) is 0 Å². The fourth-order valence-electron chi connectivity index (χ4n) is 2.50. The normalized spacial score (nSPS) is 26.5. The topological polar surface area (TPSA) is 50.7 Å². The largest absolute Gasteiger partial charge is 0.389 e. The molecule has 1 heterocycles. The lowest BCUT2D eigenvalue weighted by molar-refractivity contribution is -0.0179. The molecule has 2 atom stereocenters. The molecule has 1 aliphatic carbocycles. The molecule has 0 aromatic heterocycles. The molecule has 1 saturated heterocycles. The van der Waals surface area contributed by atoms with Gasteiger partial charge in [-0.25, -0.2) is 0 Å². The molecule has 0 radical (unpaired) electrons. The fraction of sp³-hybridized carbons (Fsp3) is 1.00. The number of β-amino-alcohol motifs (C(OH)–C–C–N with tert-alkyl or cyclic N) is 1. The van der Waals surface area contributed by atoms with Crippen molar-refractivity contribution in [2.24, 2.45) is 5.92 Å². The fourth-order valence-corrected chi connectivity index (χ4v) is 2.50. The van der Waals surface area contributed by atoms with Gasteiger partial charge in [-0.2, -0.15) is 0 Å². The van der Waals surface area contributed by atoms with Crippen LogP contribution in [0.1, 0.15) is 39.5 Å². The molecule has 2 aliphatic rings. The first kappa shape index (κ1) is 14.3. The number of nitrogens with one attached hydrogen (secondary N) is 1. The minimum atomic E-state index is -0.426. The van der Waals surface area contributed by atoms with Crippen LogP contribution in [-0.4, -0.2) is 49.2 Å². The Hall–Kier alpha value is -0.160. The van der Waals surface area contributed by atoms with Crippen molar-refractivity contribution in [3.05, 3.63) is 0 Å². The first-order valence-corrected chi connectivity index (χ1v) is 7.20. The summed E-state index contributed by atoms with van der Waals surface area (Å²) < 4.78 is 11.0. The summed E-state index contributed by atoms with van der Waals surface area (Å²) in [4.78, 5) is 0. The summed E-state index contributed by atoms with van der Waals surface area (Å²) in [5, 5.41) is 13.3. The predicted molar refractivity (Wildman–Crippen MR) is 70.6 cm³/mol. The van der Waals surface area contributed by atoms with Gasteiger partial charge in [-0.3, -0.25) is 0 Å². The van der Waals surface area contributed by atoms with Crippen LogP contribution in [0.5, 0.6) is 0 Å². The average Bonchev–Trinajstić information content (AvgIpc) is 3.07. The molecule has 1 saturated carbocycles. The number of hydrogen-bond acceptors (Lipinski definition) is 4. The number of aliphatic hydroxyl groups is 1. The maximum absolute atomic E-state index is 9.86. The Bertz CT molecular complexity index is 247. The Morgan fingerprint density at radius 2 is 2.17 bits per heavy atom. The zero-order chi connectivity index (χ0) is 13.0. The minimum absolute atomic E-state index is 0.148. The summed E-state index contributed by atoms with van der Waals surface area (Å²) in [7, 11) is 0. The van der Waals surface area contributed by atoms with E-state index >= 15 is 0 Å². The summed E-state index contributed by atoms with van der Waals surface area (Å²) in [6.07, 6.45) is 4.66. The lowest BCUT2D eigenvalue weighted by Crippen LogP contribution is -2.46. The van der Waals surface area contributed by atoms with E-state index in [9.17, 15) is 5.11 Å². The van der Waals surface area contributed by atoms with Crippen molar-refractivity contribution in [3.63, 3.8) is 0 Å². The second-order valence-corrected chi connectivity index (χ2v) is 6.20. The molecule has 106 valence electrons. The molecule has 0 spiro atoms. The molecular weight excluding hydrogens is 230 g/mol. The van der Waals surface area contributed by atoms with Crippen LogP contribution >= 0.6 is 0 Å². The van der Waals surface area contributed by atoms with E-state index in [1.807, 2.05) is 0 Å². The number of ether oxygens (including phenoxy) is 2. The van der Waals surface area contributed by atoms with Gasteiger partial charge in [0.25, 0.3) is 0 Å². The molecule has 2 fully saturated rings. The van der Waals surface area contributed by atoms with E-state index in [-0.39, 0.29) is 11.6 Å². The molecule has 2 rings (SSSR count). The molecule has 18 heavy (non-hydrogen) atoms. The second-order valence-electron chi connectivity index (χ2n) is 6.20. The third kappa shape index (κ3) is 4.50. The lowest BCUT2D eigenvalue weighted by Gasteiger charge is -2.27. The van der Waals surface area contributed by atoms with Gasteiger partial charge >= 0.3 is 0 Å². The monoisotopic (exact) mass is 257 g/mol. The maximum Gasteiger partial charge on any atom is 0.0897 e. The van der Waals surface area contributed by atoms with Crippen molar-refractivity contribution in [3.8, 4) is 0 Å². The van der Waals surface area contributed by atoms with E-state index in [0.717, 1.165) is 25.4 Å². The highest BCUT2D eigenvalue weighted by atomic mass is 16.5. The highest BCUT2D eigenvalue weighted by Gasteiger charge is 2.37. The number of rotatable bonds is 8. The van der Waals surface area contributed by atoms with Gasteiger partial charge in [0, 0.05) is 18.7 Å². The molecule has 2 unspecified atom stereocenters. The van der Waals surface area contributed by atoms with Gasteiger partial charge in [-0.1, -0.05) is 0 Å². The standard InChI is InChI=1S/C14H27NO3/c1-14(2,11-5-6-11)15-8-12(16)9-17-10-13-4-3-7-18-13/h11-13,15-16H,3-10H2,1-2H3. The van der Waals surface area contributed by atoms with E-state index < -0.39 is 6.10 Å². The summed E-state index contributed by atoms with van der Waals surface area (Å²) in [5.41, 5.74) is 0.148. The van der Waals surface area contributed by atoms with Crippen molar-refractivity contribution < 1.29 is 14.6 Å². The molecule has 4 heteroatoms. The molecule has 0 bridgehead atoms. The first-order chi connectivity index (χ1) is 8.58. The average molecular weight is 257 g/mol. The van der Waals surface area contributed by atoms with E-state index in [1.54, 1.807) is 0 Å². The van der Waals surface area contributed by atoms with E-state index in [1.165, 1.54) is 12.8 Å². The summed E-state index contributed by atoms with van der Waals surface area (Å²) in [5.74, 6) is 0.775. The second kappa shape index (κ2) is 6.33. The van der Waals surface area contributed by atoms with Crippen LogP contribution < -0.4 is 5.32 Å². The Kier molecular flexibility index (Phi) is 5.01. The summed E-state index contributed by atoms with van der Waals surface area (Å²) >= 11 is 0. The van der Waals surface area contributed by atoms with Crippen molar-refractivity contribution in [2.75, 3.05) is 26.4 Å². The number of aliphatic hydroxyl groups excluding tert-OH is 1. The van der Waals surface area contributed by atoms with Gasteiger partial charge in [0.15, 0.2) is 0 Å². The quantitative estimate of drug-likeness (QED) is 0.688. The minimum Gasteiger partial charge on any atom is -0.389 e. The van der Waals surface area contributed by atoms with Crippen LogP contribution in [-0.2, 0) is 9.47 Å². The molecule has 0 aromatic rings. The first-order valence-electron chi connectivity index (χ1n) is 7.20. The smallest absolute Gasteiger partial charge is 0.0897 e. The van der Waals surface area contributed by atoms with Crippen LogP contribution in [0.4, 0.5) is 0 Å². The van der Waals surface area contributed by atoms with Gasteiger partial charge in [-0.15, -0.1) is 0 Å². The van der Waals surface area contributed by atoms with Crippen molar-refractivity contribution in [1.29, 1.82) is 0 Å². The molecule has 4 nitrogen and oxygen atoms in total. The van der Waals surface area contributed by atoms with Gasteiger partial charge in [-0.05, 0) is 45.4 Å². The van der Waals surface area contributed by atoms with Gasteiger partial charge in [0.2, 0.25) is 0 Å². The van der Waals surface area contributed by atoms with E-state index in [0.29, 0.717) is 19.8 Å². The van der Waals surface area contributed by atoms with Gasteiger partial charge in [0.05, 0.1) is 25.4 Å². The maximum atomic E-state index is 9.86. The summed E-state index contributed by atoms with van der Waals surface area (Å²) in [6.45, 7) is 6.90. The SMILES string of the molecule is CC(C)(NCC(O)COCC1CCCO1)C1CC1. The lowest BCUT2D eigenvalue weighted by atomic mass is 9.98. The van der Waals surface area contributed by atoms with Crippen LogP contribution in [0, 0.1) is 5.92 Å². The van der Waals surface area contributed by atoms with Crippen molar-refractivity contribution in [1.82, 2.24) is 5.32 Å². The van der Waals surface area contributed by atoms with Crippen molar-refractivity contribution in [2.45, 2.75) is 57.3 Å². The Morgan fingerprint density at radius 1 is 1.39 bits per heavy atom. The molecule has 0 amide bonds. The predicted octanol–water partition coefficient (Wildman–Crippen LogP) is 1.32. The Balaban J connectivity index is 1.52. The van der Waals surface area contributed by atoms with E-state index in [2.05, 4.69) is 19.2 Å². The van der Waals surface area contributed by atoms with Crippen molar-refractivity contribution >= 4 is 0 Å². The molecule has 0 aromatic carbocycles. The van der Waals surface area contributed by atoms with Crippen LogP contribution in [0.25, 0.3) is 0 Å². The Morgan fingerprint density at radius 3 is 2.78 bits per heavy atom. The molecule has 2 N–H and O–H groups in total. The van der Waals surface area contributed by atoms with Crippen LogP contribution in [0.2, 0.25) is 0 Å².